The maximum atomic E-state index is 12.7. The Kier molecular flexibility index (Phi) is 5.96. The largest absolute Gasteiger partial charge is 0.377 e. The van der Waals surface area contributed by atoms with Crippen molar-refractivity contribution in [2.75, 3.05) is 26.8 Å². The van der Waals surface area contributed by atoms with Gasteiger partial charge in [0.1, 0.15) is 6.61 Å². The van der Waals surface area contributed by atoms with Crippen LogP contribution in [0.5, 0.6) is 0 Å². The third-order valence-electron chi connectivity index (χ3n) is 4.46. The smallest absolute Gasteiger partial charge is 0.257 e. The summed E-state index contributed by atoms with van der Waals surface area (Å²) in [6.45, 7) is 1.12. The lowest BCUT2D eigenvalue weighted by molar-refractivity contribution is -0.127. The Morgan fingerprint density at radius 1 is 1.27 bits per heavy atom. The average Bonchev–Trinajstić information content (AvgIpc) is 2.68. The van der Waals surface area contributed by atoms with E-state index in [-0.39, 0.29) is 24.2 Å². The second kappa shape index (κ2) is 8.38. The lowest BCUT2D eigenvalue weighted by Gasteiger charge is -2.31. The van der Waals surface area contributed by atoms with Crippen LogP contribution in [-0.4, -0.2) is 53.4 Å². The van der Waals surface area contributed by atoms with Crippen LogP contribution in [0.1, 0.15) is 23.2 Å². The van der Waals surface area contributed by atoms with Crippen LogP contribution in [0.2, 0.25) is 5.02 Å². The molecule has 0 radical (unpaired) electrons. The Labute approximate surface area is 157 Å². The Bertz CT molecular complexity index is 795. The summed E-state index contributed by atoms with van der Waals surface area (Å²) in [5.74, 6) is 0.177. The summed E-state index contributed by atoms with van der Waals surface area (Å²) in [4.78, 5) is 35.0. The molecule has 0 aliphatic carbocycles. The fraction of sp³-hybridized carbons (Fsp3) is 0.368. The zero-order valence-electron chi connectivity index (χ0n) is 14.5. The van der Waals surface area contributed by atoms with Crippen molar-refractivity contribution < 1.29 is 14.3 Å². The van der Waals surface area contributed by atoms with Crippen molar-refractivity contribution >= 4 is 23.3 Å². The van der Waals surface area contributed by atoms with Crippen molar-refractivity contribution in [3.63, 3.8) is 0 Å². The minimum absolute atomic E-state index is 0.0373. The lowest BCUT2D eigenvalue weighted by Crippen LogP contribution is -2.43. The molecule has 26 heavy (non-hydrogen) atoms. The summed E-state index contributed by atoms with van der Waals surface area (Å²) >= 11 is 6.16. The van der Waals surface area contributed by atoms with Crippen LogP contribution >= 0.6 is 11.6 Å². The molecule has 2 aromatic rings. The minimum atomic E-state index is -0.170. The molecule has 1 aromatic carbocycles. The number of carbonyl (C=O) groups is 2. The van der Waals surface area contributed by atoms with E-state index in [1.165, 1.54) is 19.5 Å². The van der Waals surface area contributed by atoms with Crippen molar-refractivity contribution in [1.82, 2.24) is 14.9 Å². The Hall–Kier alpha value is -2.31. The third-order valence-corrected chi connectivity index (χ3v) is 4.79. The number of amides is 1. The van der Waals surface area contributed by atoms with Crippen LogP contribution in [0.15, 0.2) is 36.7 Å². The number of ketones is 1. The Morgan fingerprint density at radius 3 is 2.69 bits per heavy atom. The molecule has 0 bridgehead atoms. The van der Waals surface area contributed by atoms with Crippen LogP contribution in [0.4, 0.5) is 0 Å². The van der Waals surface area contributed by atoms with E-state index in [9.17, 15) is 9.59 Å². The zero-order valence-corrected chi connectivity index (χ0v) is 15.3. The third kappa shape index (κ3) is 4.08. The first-order chi connectivity index (χ1) is 12.6. The quantitative estimate of drug-likeness (QED) is 0.805. The number of halogens is 1. The van der Waals surface area contributed by atoms with Crippen LogP contribution in [-0.2, 0) is 9.53 Å². The maximum Gasteiger partial charge on any atom is 0.257 e. The first-order valence-electron chi connectivity index (χ1n) is 8.48. The van der Waals surface area contributed by atoms with Gasteiger partial charge in [0.2, 0.25) is 0 Å². The number of likely N-dealkylation sites (tertiary alicyclic amines) is 1. The fourth-order valence-electron chi connectivity index (χ4n) is 3.09. The van der Waals surface area contributed by atoms with E-state index in [1.54, 1.807) is 11.0 Å². The monoisotopic (exact) mass is 373 g/mol. The molecule has 136 valence electrons. The van der Waals surface area contributed by atoms with E-state index in [0.717, 1.165) is 18.4 Å². The molecule has 1 amide bonds. The number of benzene rings is 1. The lowest BCUT2D eigenvalue weighted by atomic mass is 9.93. The summed E-state index contributed by atoms with van der Waals surface area (Å²) in [5, 5.41) is 0.558. The Balaban J connectivity index is 1.72. The molecule has 7 heteroatoms. The number of ether oxygens (including phenoxy) is 1. The van der Waals surface area contributed by atoms with Gasteiger partial charge in [-0.15, -0.1) is 0 Å². The van der Waals surface area contributed by atoms with Gasteiger partial charge in [-0.05, 0) is 25.0 Å². The molecular weight excluding hydrogens is 354 g/mol. The van der Waals surface area contributed by atoms with Crippen molar-refractivity contribution in [2.45, 2.75) is 12.8 Å². The van der Waals surface area contributed by atoms with Crippen LogP contribution in [0.25, 0.3) is 11.4 Å². The summed E-state index contributed by atoms with van der Waals surface area (Å²) in [7, 11) is 1.50. The number of Topliss-reactive ketones (excluding diaryl/α,β-unsaturated/α-hetero) is 1. The molecule has 1 unspecified atom stereocenters. The van der Waals surface area contributed by atoms with E-state index in [0.29, 0.717) is 29.5 Å². The molecular formula is C19H20ClN3O3. The number of aromatic nitrogens is 2. The standard InChI is InChI=1S/C19H20ClN3O3/c1-26-12-17(24)13-5-4-8-23(11-13)19(25)14-9-21-18(22-10-14)15-6-2-3-7-16(15)20/h2-3,6-7,9-10,13H,4-5,8,11-12H2,1H3. The number of carbonyl (C=O) groups excluding carboxylic acids is 2. The van der Waals surface area contributed by atoms with E-state index in [2.05, 4.69) is 9.97 Å². The van der Waals surface area contributed by atoms with Gasteiger partial charge >= 0.3 is 0 Å². The van der Waals surface area contributed by atoms with Gasteiger partial charge in [0.15, 0.2) is 11.6 Å². The van der Waals surface area contributed by atoms with E-state index < -0.39 is 0 Å². The van der Waals surface area contributed by atoms with Crippen molar-refractivity contribution in [3.05, 3.63) is 47.2 Å². The van der Waals surface area contributed by atoms with Gasteiger partial charge < -0.3 is 9.64 Å². The number of nitrogens with zero attached hydrogens (tertiary/aromatic N) is 3. The van der Waals surface area contributed by atoms with Gasteiger partial charge in [-0.3, -0.25) is 9.59 Å². The number of piperidine rings is 1. The highest BCUT2D eigenvalue weighted by Crippen LogP contribution is 2.24. The molecule has 3 rings (SSSR count). The van der Waals surface area contributed by atoms with Gasteiger partial charge in [0, 0.05) is 44.1 Å². The number of rotatable bonds is 5. The van der Waals surface area contributed by atoms with E-state index >= 15 is 0 Å². The molecule has 1 atom stereocenters. The molecule has 1 aliphatic rings. The van der Waals surface area contributed by atoms with E-state index in [1.807, 2.05) is 18.2 Å². The predicted octanol–water partition coefficient (Wildman–Crippen LogP) is 2.86. The molecule has 1 saturated heterocycles. The highest BCUT2D eigenvalue weighted by atomic mass is 35.5. The second-order valence-electron chi connectivity index (χ2n) is 6.26. The molecule has 2 heterocycles. The summed E-state index contributed by atoms with van der Waals surface area (Å²) in [6.07, 6.45) is 4.60. The summed E-state index contributed by atoms with van der Waals surface area (Å²) < 4.78 is 4.92. The van der Waals surface area contributed by atoms with Gasteiger partial charge in [-0.25, -0.2) is 9.97 Å². The fourth-order valence-corrected chi connectivity index (χ4v) is 3.31. The van der Waals surface area contributed by atoms with Crippen LogP contribution in [0.3, 0.4) is 0 Å². The molecule has 1 fully saturated rings. The first kappa shape index (κ1) is 18.5. The maximum absolute atomic E-state index is 12.7. The molecule has 0 spiro atoms. The highest BCUT2D eigenvalue weighted by Gasteiger charge is 2.29. The number of hydrogen-bond donors (Lipinski definition) is 0. The molecule has 1 aliphatic heterocycles. The molecule has 6 nitrogen and oxygen atoms in total. The van der Waals surface area contributed by atoms with Crippen molar-refractivity contribution in [1.29, 1.82) is 0 Å². The highest BCUT2D eigenvalue weighted by molar-refractivity contribution is 6.33. The zero-order chi connectivity index (χ0) is 18.5. The van der Waals surface area contributed by atoms with Gasteiger partial charge in [0.05, 0.1) is 10.6 Å². The van der Waals surface area contributed by atoms with Crippen molar-refractivity contribution in [3.8, 4) is 11.4 Å². The molecule has 0 N–H and O–H groups in total. The number of methoxy groups -OCH3 is 1. The van der Waals surface area contributed by atoms with Crippen molar-refractivity contribution in [2.24, 2.45) is 5.92 Å². The number of hydrogen-bond acceptors (Lipinski definition) is 5. The first-order valence-corrected chi connectivity index (χ1v) is 8.86. The van der Waals surface area contributed by atoms with Gasteiger partial charge in [-0.1, -0.05) is 23.7 Å². The topological polar surface area (TPSA) is 72.4 Å². The van der Waals surface area contributed by atoms with Crippen LogP contribution in [0, 0.1) is 5.92 Å². The summed E-state index contributed by atoms with van der Waals surface area (Å²) in [5.41, 5.74) is 1.12. The van der Waals surface area contributed by atoms with Gasteiger partial charge in [0.25, 0.3) is 5.91 Å². The Morgan fingerprint density at radius 2 is 2.00 bits per heavy atom. The second-order valence-corrected chi connectivity index (χ2v) is 6.67. The molecule has 1 aromatic heterocycles. The minimum Gasteiger partial charge on any atom is -0.377 e. The molecule has 0 saturated carbocycles. The van der Waals surface area contributed by atoms with Crippen LogP contribution < -0.4 is 0 Å². The average molecular weight is 374 g/mol. The summed E-state index contributed by atoms with van der Waals surface area (Å²) in [6, 6.07) is 7.29. The SMILES string of the molecule is COCC(=O)C1CCCN(C(=O)c2cnc(-c3ccccc3Cl)nc2)C1. The van der Waals surface area contributed by atoms with Gasteiger partial charge in [-0.2, -0.15) is 0 Å². The normalized spacial score (nSPS) is 17.2. The predicted molar refractivity (Wildman–Crippen MR) is 98.0 cm³/mol. The van der Waals surface area contributed by atoms with E-state index in [4.69, 9.17) is 16.3 Å².